The molecule has 2 aliphatic rings. The van der Waals surface area contributed by atoms with Crippen LogP contribution in [0, 0.1) is 5.92 Å². The van der Waals surface area contributed by atoms with Crippen LogP contribution in [0.15, 0.2) is 47.6 Å². The molecule has 174 valence electrons. The Bertz CT molecular complexity index is 997. The zero-order chi connectivity index (χ0) is 23.0. The average Bonchev–Trinajstić information content (AvgIpc) is 2.84. The van der Waals surface area contributed by atoms with E-state index in [0.29, 0.717) is 37.7 Å². The van der Waals surface area contributed by atoms with E-state index in [1.54, 1.807) is 0 Å². The minimum atomic E-state index is -0.125. The zero-order valence-corrected chi connectivity index (χ0v) is 19.1. The Balaban J connectivity index is 1.32. The van der Waals surface area contributed by atoms with Crippen molar-refractivity contribution in [1.29, 1.82) is 0 Å². The lowest BCUT2D eigenvalue weighted by Crippen LogP contribution is -2.32. The fraction of sp³-hybridized carbons (Fsp3) is 0.423. The van der Waals surface area contributed by atoms with Crippen LogP contribution in [0.2, 0.25) is 0 Å². The molecule has 0 aromatic heterocycles. The van der Waals surface area contributed by atoms with Crippen LogP contribution in [0.3, 0.4) is 0 Å². The van der Waals surface area contributed by atoms with E-state index in [1.807, 2.05) is 60.6 Å². The highest BCUT2D eigenvalue weighted by atomic mass is 16.5. The largest absolute Gasteiger partial charge is 0.466 e. The lowest BCUT2D eigenvalue weighted by atomic mass is 9.81. The molecule has 7 nitrogen and oxygen atoms in total. The van der Waals surface area contributed by atoms with Crippen molar-refractivity contribution in [3.05, 3.63) is 64.7 Å². The van der Waals surface area contributed by atoms with Crippen molar-refractivity contribution in [3.63, 3.8) is 0 Å². The standard InChI is InChI=1S/C26H31N3O4/c1-2-33-25(30)16-20-3-6-22-17-23(8-7-21(22)15-20)26(31)28-24-9-4-19(5-10-24)18-27-29-11-13-32-14-12-29/h4-5,7-10,17-18,20H,2-3,6,11-16H2,1H3,(H,28,31)/b27-18+. The first-order chi connectivity index (χ1) is 16.1. The van der Waals surface area contributed by atoms with Gasteiger partial charge in [-0.05, 0) is 73.1 Å². The van der Waals surface area contributed by atoms with Crippen molar-refractivity contribution < 1.29 is 19.1 Å². The minimum absolute atomic E-state index is 0.124. The summed E-state index contributed by atoms with van der Waals surface area (Å²) >= 11 is 0. The number of hydrogen-bond donors (Lipinski definition) is 1. The minimum Gasteiger partial charge on any atom is -0.466 e. The van der Waals surface area contributed by atoms with E-state index < -0.39 is 0 Å². The van der Waals surface area contributed by atoms with Gasteiger partial charge in [0.15, 0.2) is 0 Å². The summed E-state index contributed by atoms with van der Waals surface area (Å²) < 4.78 is 10.4. The van der Waals surface area contributed by atoms with Gasteiger partial charge in [0.2, 0.25) is 0 Å². The number of hydrogen-bond acceptors (Lipinski definition) is 6. The summed E-state index contributed by atoms with van der Waals surface area (Å²) in [5.41, 5.74) is 4.78. The molecule has 33 heavy (non-hydrogen) atoms. The third-order valence-corrected chi connectivity index (χ3v) is 6.09. The molecule has 1 saturated heterocycles. The van der Waals surface area contributed by atoms with Gasteiger partial charge in [-0.3, -0.25) is 14.6 Å². The predicted molar refractivity (Wildman–Crippen MR) is 128 cm³/mol. The molecule has 1 amide bonds. The smallest absolute Gasteiger partial charge is 0.306 e. The second-order valence-corrected chi connectivity index (χ2v) is 8.49. The summed E-state index contributed by atoms with van der Waals surface area (Å²) in [6.45, 7) is 5.27. The molecule has 1 fully saturated rings. The van der Waals surface area contributed by atoms with Gasteiger partial charge in [-0.25, -0.2) is 0 Å². The summed E-state index contributed by atoms with van der Waals surface area (Å²) in [6.07, 6.45) is 4.95. The first-order valence-electron chi connectivity index (χ1n) is 11.7. The Morgan fingerprint density at radius 1 is 1.15 bits per heavy atom. The molecule has 0 saturated carbocycles. The molecular formula is C26H31N3O4. The van der Waals surface area contributed by atoms with Crippen LogP contribution < -0.4 is 5.32 Å². The van der Waals surface area contributed by atoms with Gasteiger partial charge in [0.1, 0.15) is 0 Å². The number of aryl methyl sites for hydroxylation is 1. The number of morpholine rings is 1. The van der Waals surface area contributed by atoms with Gasteiger partial charge in [0, 0.05) is 17.7 Å². The summed E-state index contributed by atoms with van der Waals surface area (Å²) in [5, 5.41) is 9.45. The molecule has 1 unspecified atom stereocenters. The Morgan fingerprint density at radius 2 is 1.94 bits per heavy atom. The number of anilines is 1. The van der Waals surface area contributed by atoms with Crippen LogP contribution in [0.5, 0.6) is 0 Å². The van der Waals surface area contributed by atoms with Gasteiger partial charge in [-0.2, -0.15) is 5.10 Å². The van der Waals surface area contributed by atoms with Crippen LogP contribution in [-0.4, -0.2) is 56.0 Å². The highest BCUT2D eigenvalue weighted by Crippen LogP contribution is 2.29. The maximum absolute atomic E-state index is 12.8. The van der Waals surface area contributed by atoms with Crippen molar-refractivity contribution in [3.8, 4) is 0 Å². The summed E-state index contributed by atoms with van der Waals surface area (Å²) in [7, 11) is 0. The number of nitrogens with one attached hydrogen (secondary N) is 1. The van der Waals surface area contributed by atoms with Gasteiger partial charge in [0.05, 0.1) is 39.1 Å². The number of carbonyl (C=O) groups excluding carboxylic acids is 2. The third kappa shape index (κ3) is 6.42. The Kier molecular flexibility index (Phi) is 7.73. The summed E-state index contributed by atoms with van der Waals surface area (Å²) in [5.74, 6) is 0.0584. The number of hydrazone groups is 1. The van der Waals surface area contributed by atoms with Crippen LogP contribution in [0.25, 0.3) is 0 Å². The van der Waals surface area contributed by atoms with Crippen molar-refractivity contribution in [2.45, 2.75) is 32.6 Å². The highest BCUT2D eigenvalue weighted by molar-refractivity contribution is 6.04. The van der Waals surface area contributed by atoms with E-state index >= 15 is 0 Å². The van der Waals surface area contributed by atoms with Gasteiger partial charge in [-0.15, -0.1) is 0 Å². The van der Waals surface area contributed by atoms with E-state index in [9.17, 15) is 9.59 Å². The van der Waals surface area contributed by atoms with Crippen LogP contribution in [0.4, 0.5) is 5.69 Å². The second-order valence-electron chi connectivity index (χ2n) is 8.49. The van der Waals surface area contributed by atoms with E-state index in [2.05, 4.69) is 10.4 Å². The molecule has 1 aliphatic heterocycles. The molecule has 2 aromatic carbocycles. The number of nitrogens with zero attached hydrogens (tertiary/aromatic N) is 2. The van der Waals surface area contributed by atoms with E-state index in [0.717, 1.165) is 43.6 Å². The number of carbonyl (C=O) groups is 2. The molecule has 0 radical (unpaired) electrons. The molecule has 2 aromatic rings. The van der Waals surface area contributed by atoms with Gasteiger partial charge in [0.25, 0.3) is 5.91 Å². The number of amides is 1. The lowest BCUT2D eigenvalue weighted by Gasteiger charge is -2.24. The van der Waals surface area contributed by atoms with Crippen LogP contribution >= 0.6 is 0 Å². The quantitative estimate of drug-likeness (QED) is 0.515. The zero-order valence-electron chi connectivity index (χ0n) is 19.1. The van der Waals surface area contributed by atoms with Gasteiger partial charge >= 0.3 is 5.97 Å². The summed E-state index contributed by atoms with van der Waals surface area (Å²) in [4.78, 5) is 24.6. The molecule has 0 spiro atoms. The third-order valence-electron chi connectivity index (χ3n) is 6.09. The molecule has 1 atom stereocenters. The number of ether oxygens (including phenoxy) is 2. The van der Waals surface area contributed by atoms with Crippen LogP contribution in [0.1, 0.15) is 46.8 Å². The second kappa shape index (κ2) is 11.1. The predicted octanol–water partition coefficient (Wildman–Crippen LogP) is 3.66. The van der Waals surface area contributed by atoms with Gasteiger partial charge in [-0.1, -0.05) is 18.2 Å². The van der Waals surface area contributed by atoms with Crippen molar-refractivity contribution in [2.75, 3.05) is 38.2 Å². The number of rotatable bonds is 7. The number of benzene rings is 2. The molecule has 1 N–H and O–H groups in total. The number of esters is 1. The first-order valence-corrected chi connectivity index (χ1v) is 11.7. The van der Waals surface area contributed by atoms with Crippen molar-refractivity contribution >= 4 is 23.8 Å². The molecule has 7 heteroatoms. The monoisotopic (exact) mass is 449 g/mol. The maximum atomic E-state index is 12.8. The first kappa shape index (κ1) is 23.0. The Hall–Kier alpha value is -3.19. The van der Waals surface area contributed by atoms with Crippen molar-refractivity contribution in [2.24, 2.45) is 11.0 Å². The molecule has 4 rings (SSSR count). The maximum Gasteiger partial charge on any atom is 0.306 e. The fourth-order valence-electron chi connectivity index (χ4n) is 4.27. The Morgan fingerprint density at radius 3 is 2.70 bits per heavy atom. The number of fused-ring (bicyclic) bond motifs is 1. The lowest BCUT2D eigenvalue weighted by molar-refractivity contribution is -0.144. The topological polar surface area (TPSA) is 80.2 Å². The van der Waals surface area contributed by atoms with Crippen LogP contribution in [-0.2, 0) is 27.1 Å². The SMILES string of the molecule is CCOC(=O)CC1CCc2cc(C(=O)Nc3ccc(/C=N/N4CCOCC4)cc3)ccc2C1. The fourth-order valence-corrected chi connectivity index (χ4v) is 4.27. The molecule has 1 heterocycles. The van der Waals surface area contributed by atoms with Crippen molar-refractivity contribution in [1.82, 2.24) is 5.01 Å². The van der Waals surface area contributed by atoms with Gasteiger partial charge < -0.3 is 14.8 Å². The molecular weight excluding hydrogens is 418 g/mol. The average molecular weight is 450 g/mol. The van der Waals surface area contributed by atoms with E-state index in [4.69, 9.17) is 9.47 Å². The normalized spacial score (nSPS) is 18.1. The molecule has 0 bridgehead atoms. The highest BCUT2D eigenvalue weighted by Gasteiger charge is 2.22. The van der Waals surface area contributed by atoms with E-state index in [-0.39, 0.29) is 11.9 Å². The van der Waals surface area contributed by atoms with E-state index in [1.165, 1.54) is 11.1 Å². The summed E-state index contributed by atoms with van der Waals surface area (Å²) in [6, 6.07) is 13.5. The Labute approximate surface area is 194 Å². The molecule has 1 aliphatic carbocycles.